The second kappa shape index (κ2) is 19.0. The van der Waals surface area contributed by atoms with Crippen molar-refractivity contribution < 1.29 is 30.0 Å². The van der Waals surface area contributed by atoms with E-state index >= 15 is 0 Å². The molecule has 0 radical (unpaired) electrons. The molecule has 0 spiro atoms. The lowest BCUT2D eigenvalue weighted by Crippen LogP contribution is -2.39. The van der Waals surface area contributed by atoms with Crippen LogP contribution in [0.5, 0.6) is 0 Å². The molecule has 0 aromatic carbocycles. The summed E-state index contributed by atoms with van der Waals surface area (Å²) in [4.78, 5) is 11.7. The van der Waals surface area contributed by atoms with Crippen LogP contribution in [0.2, 0.25) is 0 Å². The van der Waals surface area contributed by atoms with Gasteiger partial charge in [-0.15, -0.1) is 0 Å². The quantitative estimate of drug-likeness (QED) is 0.137. The first-order valence-electron chi connectivity index (χ1n) is 11.3. The van der Waals surface area contributed by atoms with Crippen LogP contribution in [0.4, 0.5) is 0 Å². The molecule has 6 nitrogen and oxygen atoms in total. The van der Waals surface area contributed by atoms with Crippen LogP contribution in [0.25, 0.3) is 0 Å². The molecule has 172 valence electrons. The Labute approximate surface area is 177 Å². The Bertz CT molecular complexity index is 398. The van der Waals surface area contributed by atoms with E-state index in [0.29, 0.717) is 6.42 Å². The molecule has 29 heavy (non-hydrogen) atoms. The third-order valence-corrected chi connectivity index (χ3v) is 5.26. The average Bonchev–Trinajstić information content (AvgIpc) is 2.74. The molecule has 0 rings (SSSR count). The minimum atomic E-state index is -1.16. The molecule has 0 saturated heterocycles. The Balaban J connectivity index is 3.55. The number of ether oxygens (including phenoxy) is 1. The molecule has 0 fully saturated rings. The summed E-state index contributed by atoms with van der Waals surface area (Å²) >= 11 is 0. The zero-order chi connectivity index (χ0) is 21.8. The lowest BCUT2D eigenvalue weighted by Gasteiger charge is -2.26. The standard InChI is InChI=1S/C23H44O6/c1-2-3-4-11-14-21(27)15-12-9-7-5-6-8-10-13-16-22(28)29-20-23(17-24,18-25)19-26/h9,12,21,24-27H,2-8,10-11,13-20H2,1H3/b12-9+/t21-/m1/s1. The molecule has 0 aliphatic rings. The number of esters is 1. The Morgan fingerprint density at radius 3 is 2.17 bits per heavy atom. The van der Waals surface area contributed by atoms with E-state index in [9.17, 15) is 25.2 Å². The van der Waals surface area contributed by atoms with E-state index in [4.69, 9.17) is 4.74 Å². The van der Waals surface area contributed by atoms with Crippen molar-refractivity contribution in [1.29, 1.82) is 0 Å². The van der Waals surface area contributed by atoms with E-state index in [1.807, 2.05) is 0 Å². The maximum absolute atomic E-state index is 11.7. The minimum Gasteiger partial charge on any atom is -0.465 e. The number of aliphatic hydroxyl groups is 4. The van der Waals surface area contributed by atoms with E-state index in [-0.39, 0.29) is 18.7 Å². The molecule has 6 heteroatoms. The number of rotatable bonds is 20. The number of aliphatic hydroxyl groups excluding tert-OH is 4. The van der Waals surface area contributed by atoms with Gasteiger partial charge in [-0.2, -0.15) is 0 Å². The van der Waals surface area contributed by atoms with Gasteiger partial charge in [-0.25, -0.2) is 0 Å². The van der Waals surface area contributed by atoms with Gasteiger partial charge in [-0.05, 0) is 32.1 Å². The van der Waals surface area contributed by atoms with Gasteiger partial charge in [0.25, 0.3) is 0 Å². The van der Waals surface area contributed by atoms with Gasteiger partial charge in [0, 0.05) is 6.42 Å². The zero-order valence-electron chi connectivity index (χ0n) is 18.4. The van der Waals surface area contributed by atoms with Gasteiger partial charge in [0.1, 0.15) is 6.61 Å². The van der Waals surface area contributed by atoms with E-state index in [2.05, 4.69) is 19.1 Å². The van der Waals surface area contributed by atoms with Gasteiger partial charge < -0.3 is 25.2 Å². The molecule has 0 aliphatic heterocycles. The van der Waals surface area contributed by atoms with Crippen LogP contribution in [0.15, 0.2) is 12.2 Å². The maximum atomic E-state index is 11.7. The molecule has 0 aromatic rings. The third kappa shape index (κ3) is 15.5. The van der Waals surface area contributed by atoms with Crippen molar-refractivity contribution in [1.82, 2.24) is 0 Å². The summed E-state index contributed by atoms with van der Waals surface area (Å²) in [7, 11) is 0. The van der Waals surface area contributed by atoms with E-state index in [0.717, 1.165) is 57.8 Å². The summed E-state index contributed by atoms with van der Waals surface area (Å²) in [5.41, 5.74) is -1.16. The van der Waals surface area contributed by atoms with Crippen molar-refractivity contribution in [3.8, 4) is 0 Å². The Morgan fingerprint density at radius 2 is 1.52 bits per heavy atom. The van der Waals surface area contributed by atoms with Crippen molar-refractivity contribution in [2.45, 2.75) is 96.5 Å². The summed E-state index contributed by atoms with van der Waals surface area (Å²) in [6.45, 7) is 0.726. The number of unbranched alkanes of at least 4 members (excludes halogenated alkanes) is 8. The fourth-order valence-electron chi connectivity index (χ4n) is 2.95. The lowest BCUT2D eigenvalue weighted by molar-refractivity contribution is -0.151. The van der Waals surface area contributed by atoms with Crippen molar-refractivity contribution in [2.24, 2.45) is 5.41 Å². The normalized spacial score (nSPS) is 13.1. The Kier molecular flexibility index (Phi) is 18.4. The van der Waals surface area contributed by atoms with Crippen LogP contribution < -0.4 is 0 Å². The van der Waals surface area contributed by atoms with E-state index < -0.39 is 25.2 Å². The van der Waals surface area contributed by atoms with Gasteiger partial charge in [-0.3, -0.25) is 4.79 Å². The molecule has 0 unspecified atom stereocenters. The molecule has 0 saturated carbocycles. The second-order valence-electron chi connectivity index (χ2n) is 8.15. The van der Waals surface area contributed by atoms with Gasteiger partial charge in [0.05, 0.1) is 31.3 Å². The highest BCUT2D eigenvalue weighted by atomic mass is 16.5. The first kappa shape index (κ1) is 28.1. The molecule has 0 aliphatic carbocycles. The second-order valence-corrected chi connectivity index (χ2v) is 8.15. The summed E-state index contributed by atoms with van der Waals surface area (Å²) in [5, 5.41) is 37.5. The zero-order valence-corrected chi connectivity index (χ0v) is 18.4. The number of carbonyl (C=O) groups is 1. The third-order valence-electron chi connectivity index (χ3n) is 5.26. The van der Waals surface area contributed by atoms with Crippen LogP contribution >= 0.6 is 0 Å². The largest absolute Gasteiger partial charge is 0.465 e. The number of hydrogen-bond donors (Lipinski definition) is 4. The van der Waals surface area contributed by atoms with Gasteiger partial charge in [0.15, 0.2) is 0 Å². The highest BCUT2D eigenvalue weighted by Crippen LogP contribution is 2.16. The minimum absolute atomic E-state index is 0.172. The van der Waals surface area contributed by atoms with Gasteiger partial charge in [-0.1, -0.05) is 64.0 Å². The van der Waals surface area contributed by atoms with Crippen molar-refractivity contribution >= 4 is 5.97 Å². The van der Waals surface area contributed by atoms with Crippen molar-refractivity contribution in [3.63, 3.8) is 0 Å². The average molecular weight is 417 g/mol. The molecule has 0 heterocycles. The monoisotopic (exact) mass is 416 g/mol. The van der Waals surface area contributed by atoms with Crippen molar-refractivity contribution in [3.05, 3.63) is 12.2 Å². The SMILES string of the molecule is CCCCCC[C@@H](O)C/C=C/CCCCCCCC(=O)OCC(CO)(CO)CO. The summed E-state index contributed by atoms with van der Waals surface area (Å²) in [6, 6.07) is 0. The molecular formula is C23H44O6. The molecule has 1 atom stereocenters. The van der Waals surface area contributed by atoms with Crippen LogP contribution in [-0.2, 0) is 9.53 Å². The van der Waals surface area contributed by atoms with Crippen LogP contribution in [0, 0.1) is 5.41 Å². The number of carbonyl (C=O) groups excluding carboxylic acids is 1. The highest BCUT2D eigenvalue weighted by Gasteiger charge is 2.29. The summed E-state index contributed by atoms with van der Waals surface area (Å²) < 4.78 is 5.06. The first-order chi connectivity index (χ1) is 14.0. The molecule has 0 bridgehead atoms. The van der Waals surface area contributed by atoms with Gasteiger partial charge in [0.2, 0.25) is 0 Å². The summed E-state index contributed by atoms with van der Waals surface area (Å²) in [6.07, 6.45) is 16.8. The molecule has 4 N–H and O–H groups in total. The fraction of sp³-hybridized carbons (Fsp3) is 0.870. The predicted octanol–water partition coefficient (Wildman–Crippen LogP) is 3.50. The van der Waals surface area contributed by atoms with E-state index in [1.165, 1.54) is 19.3 Å². The predicted molar refractivity (Wildman–Crippen MR) is 115 cm³/mol. The molecule has 0 aromatic heterocycles. The number of allylic oxidation sites excluding steroid dienone is 1. The molecule has 0 amide bonds. The lowest BCUT2D eigenvalue weighted by atomic mass is 9.93. The van der Waals surface area contributed by atoms with Crippen LogP contribution in [0.1, 0.15) is 90.4 Å². The van der Waals surface area contributed by atoms with Crippen LogP contribution in [0.3, 0.4) is 0 Å². The maximum Gasteiger partial charge on any atom is 0.305 e. The Hall–Kier alpha value is -0.950. The smallest absolute Gasteiger partial charge is 0.305 e. The summed E-state index contributed by atoms with van der Waals surface area (Å²) in [5.74, 6) is -0.360. The van der Waals surface area contributed by atoms with E-state index in [1.54, 1.807) is 0 Å². The molecular weight excluding hydrogens is 372 g/mol. The number of hydrogen-bond acceptors (Lipinski definition) is 6. The van der Waals surface area contributed by atoms with Crippen LogP contribution in [-0.4, -0.2) is 58.9 Å². The Morgan fingerprint density at radius 1 is 0.897 bits per heavy atom. The van der Waals surface area contributed by atoms with Crippen molar-refractivity contribution in [2.75, 3.05) is 26.4 Å². The highest BCUT2D eigenvalue weighted by molar-refractivity contribution is 5.69. The first-order valence-corrected chi connectivity index (χ1v) is 11.3. The topological polar surface area (TPSA) is 107 Å². The van der Waals surface area contributed by atoms with Gasteiger partial charge >= 0.3 is 5.97 Å². The fourth-order valence-corrected chi connectivity index (χ4v) is 2.95.